The molecule has 0 heterocycles. The van der Waals surface area contributed by atoms with E-state index in [0.29, 0.717) is 12.3 Å². The number of carbonyl (C=O) groups is 1. The van der Waals surface area contributed by atoms with Crippen LogP contribution in [0.3, 0.4) is 0 Å². The van der Waals surface area contributed by atoms with Gasteiger partial charge in [-0.05, 0) is 19.1 Å². The maximum atomic E-state index is 11.1. The van der Waals surface area contributed by atoms with E-state index in [1.807, 2.05) is 6.07 Å². The Labute approximate surface area is 81.8 Å². The topological polar surface area (TPSA) is 61.8 Å². The zero-order valence-electron chi connectivity index (χ0n) is 7.80. The van der Waals surface area contributed by atoms with Crippen molar-refractivity contribution < 1.29 is 14.8 Å². The molecule has 76 valence electrons. The second-order valence-corrected chi connectivity index (χ2v) is 2.46. The highest BCUT2D eigenvalue weighted by Crippen LogP contribution is 2.13. The lowest BCUT2D eigenvalue weighted by Crippen LogP contribution is -2.38. The molecule has 1 rings (SSSR count). The lowest BCUT2D eigenvalue weighted by molar-refractivity contribution is 0.100. The lowest BCUT2D eigenvalue weighted by atomic mass is 10.3. The molecule has 0 saturated heterocycles. The zero-order chi connectivity index (χ0) is 10.4. The molecular weight excluding hydrogens is 184 g/mol. The molecule has 0 spiro atoms. The quantitative estimate of drug-likeness (QED) is 0.569. The minimum absolute atomic E-state index is 0.336. The van der Waals surface area contributed by atoms with Gasteiger partial charge in [0.2, 0.25) is 0 Å². The van der Waals surface area contributed by atoms with Gasteiger partial charge >= 0.3 is 6.03 Å². The van der Waals surface area contributed by atoms with E-state index < -0.39 is 6.03 Å². The predicted molar refractivity (Wildman–Crippen MR) is 50.9 cm³/mol. The van der Waals surface area contributed by atoms with Crippen LogP contribution in [0, 0.1) is 0 Å². The van der Waals surface area contributed by atoms with Gasteiger partial charge in [0.1, 0.15) is 0 Å². The van der Waals surface area contributed by atoms with Crippen LogP contribution in [0.5, 0.6) is 0 Å². The summed E-state index contributed by atoms with van der Waals surface area (Å²) in [5, 5.41) is 9.46. The third-order valence-corrected chi connectivity index (χ3v) is 1.53. The van der Waals surface area contributed by atoms with Gasteiger partial charge in [-0.1, -0.05) is 18.2 Å². The molecule has 0 saturated carbocycles. The molecule has 0 aliphatic carbocycles. The van der Waals surface area contributed by atoms with Crippen molar-refractivity contribution in [2.45, 2.75) is 6.92 Å². The molecule has 0 aliphatic rings. The second kappa shape index (κ2) is 5.21. The van der Waals surface area contributed by atoms with Crippen molar-refractivity contribution in [1.82, 2.24) is 5.48 Å². The van der Waals surface area contributed by atoms with Gasteiger partial charge in [-0.3, -0.25) is 10.0 Å². The molecule has 0 aliphatic heterocycles. The Balaban J connectivity index is 2.83. The highest BCUT2D eigenvalue weighted by atomic mass is 16.7. The van der Waals surface area contributed by atoms with E-state index in [0.717, 1.165) is 5.06 Å². The van der Waals surface area contributed by atoms with Crippen molar-refractivity contribution >= 4 is 11.7 Å². The Morgan fingerprint density at radius 3 is 2.64 bits per heavy atom. The first-order chi connectivity index (χ1) is 6.79. The molecule has 0 fully saturated rings. The number of carbonyl (C=O) groups excluding carboxylic acids is 1. The molecule has 0 bridgehead atoms. The largest absolute Gasteiger partial charge is 0.369 e. The number of para-hydroxylation sites is 1. The van der Waals surface area contributed by atoms with Gasteiger partial charge in [0.25, 0.3) is 0 Å². The fraction of sp³-hybridized carbons (Fsp3) is 0.222. The van der Waals surface area contributed by atoms with Crippen LogP contribution in [-0.2, 0) is 4.84 Å². The van der Waals surface area contributed by atoms with Crippen molar-refractivity contribution in [3.8, 4) is 0 Å². The van der Waals surface area contributed by atoms with Gasteiger partial charge in [0, 0.05) is 0 Å². The summed E-state index contributed by atoms with van der Waals surface area (Å²) in [6.07, 6.45) is 0. The van der Waals surface area contributed by atoms with E-state index in [-0.39, 0.29) is 0 Å². The summed E-state index contributed by atoms with van der Waals surface area (Å²) in [4.78, 5) is 16.2. The fourth-order valence-electron chi connectivity index (χ4n) is 0.988. The zero-order valence-corrected chi connectivity index (χ0v) is 7.80. The number of nitrogens with one attached hydrogen (secondary N) is 1. The average molecular weight is 196 g/mol. The Hall–Kier alpha value is -1.59. The number of hydroxylamine groups is 2. The Kier molecular flexibility index (Phi) is 3.90. The molecule has 2 N–H and O–H groups in total. The first-order valence-corrected chi connectivity index (χ1v) is 4.21. The van der Waals surface area contributed by atoms with Crippen LogP contribution >= 0.6 is 0 Å². The molecular formula is C9H12N2O3. The molecule has 1 aromatic carbocycles. The number of hydrogen-bond acceptors (Lipinski definition) is 3. The van der Waals surface area contributed by atoms with E-state index in [1.54, 1.807) is 31.2 Å². The summed E-state index contributed by atoms with van der Waals surface area (Å²) in [7, 11) is 0. The normalized spacial score (nSPS) is 9.57. The standard InChI is InChI=1S/C9H12N2O3/c1-2-14-11(9(12)10-13)8-6-4-3-5-7-8/h3-7,13H,2H2,1H3,(H,10,12). The summed E-state index contributed by atoms with van der Waals surface area (Å²) < 4.78 is 0. The molecule has 0 radical (unpaired) electrons. The minimum atomic E-state index is -0.724. The Morgan fingerprint density at radius 1 is 1.50 bits per heavy atom. The van der Waals surface area contributed by atoms with Gasteiger partial charge in [0.15, 0.2) is 0 Å². The summed E-state index contributed by atoms with van der Waals surface area (Å²) in [6.45, 7) is 2.09. The number of rotatable bonds is 3. The van der Waals surface area contributed by atoms with Crippen LogP contribution in [0.2, 0.25) is 0 Å². The van der Waals surface area contributed by atoms with Crippen LogP contribution in [0.25, 0.3) is 0 Å². The van der Waals surface area contributed by atoms with Crippen molar-refractivity contribution in [2.24, 2.45) is 0 Å². The SMILES string of the molecule is CCON(C(=O)NO)c1ccccc1. The van der Waals surface area contributed by atoms with Crippen molar-refractivity contribution in [3.63, 3.8) is 0 Å². The van der Waals surface area contributed by atoms with Crippen molar-refractivity contribution in [2.75, 3.05) is 11.7 Å². The first-order valence-electron chi connectivity index (χ1n) is 4.21. The summed E-state index contributed by atoms with van der Waals surface area (Å²) in [6, 6.07) is 8.04. The van der Waals surface area contributed by atoms with E-state index in [1.165, 1.54) is 5.48 Å². The molecule has 0 aromatic heterocycles. The third-order valence-electron chi connectivity index (χ3n) is 1.53. The van der Waals surface area contributed by atoms with Gasteiger partial charge < -0.3 is 0 Å². The number of anilines is 1. The molecule has 14 heavy (non-hydrogen) atoms. The van der Waals surface area contributed by atoms with Crippen LogP contribution < -0.4 is 10.5 Å². The van der Waals surface area contributed by atoms with Crippen LogP contribution in [0.15, 0.2) is 30.3 Å². The maximum Gasteiger partial charge on any atom is 0.369 e. The summed E-state index contributed by atoms with van der Waals surface area (Å²) in [5.41, 5.74) is 2.07. The number of urea groups is 1. The highest BCUT2D eigenvalue weighted by Gasteiger charge is 2.14. The van der Waals surface area contributed by atoms with Crippen molar-refractivity contribution in [3.05, 3.63) is 30.3 Å². The van der Waals surface area contributed by atoms with E-state index in [4.69, 9.17) is 10.0 Å². The van der Waals surface area contributed by atoms with Crippen LogP contribution in [0.4, 0.5) is 10.5 Å². The van der Waals surface area contributed by atoms with Crippen LogP contribution in [-0.4, -0.2) is 17.8 Å². The average Bonchev–Trinajstić information content (AvgIpc) is 2.26. The number of amides is 2. The van der Waals surface area contributed by atoms with E-state index in [9.17, 15) is 4.79 Å². The fourth-order valence-corrected chi connectivity index (χ4v) is 0.988. The Bertz CT molecular complexity index is 289. The molecule has 5 nitrogen and oxygen atoms in total. The van der Waals surface area contributed by atoms with E-state index >= 15 is 0 Å². The molecule has 0 atom stereocenters. The molecule has 2 amide bonds. The van der Waals surface area contributed by atoms with Gasteiger partial charge in [-0.15, -0.1) is 0 Å². The third kappa shape index (κ3) is 2.45. The monoisotopic (exact) mass is 196 g/mol. The highest BCUT2D eigenvalue weighted by molar-refractivity contribution is 5.88. The lowest BCUT2D eigenvalue weighted by Gasteiger charge is -2.19. The van der Waals surface area contributed by atoms with Gasteiger partial charge in [0.05, 0.1) is 12.3 Å². The van der Waals surface area contributed by atoms with Crippen LogP contribution in [0.1, 0.15) is 6.92 Å². The molecule has 1 aromatic rings. The predicted octanol–water partition coefficient (Wildman–Crippen LogP) is 1.54. The molecule has 0 unspecified atom stereocenters. The minimum Gasteiger partial charge on any atom is -0.287 e. The number of benzene rings is 1. The summed E-state index contributed by atoms with van der Waals surface area (Å²) >= 11 is 0. The number of hydrogen-bond donors (Lipinski definition) is 2. The summed E-state index contributed by atoms with van der Waals surface area (Å²) in [5.74, 6) is 0. The smallest absolute Gasteiger partial charge is 0.287 e. The first kappa shape index (κ1) is 10.5. The van der Waals surface area contributed by atoms with Gasteiger partial charge in [-0.2, -0.15) is 5.06 Å². The van der Waals surface area contributed by atoms with Crippen molar-refractivity contribution in [1.29, 1.82) is 0 Å². The number of nitrogens with zero attached hydrogens (tertiary/aromatic N) is 1. The second-order valence-electron chi connectivity index (χ2n) is 2.46. The maximum absolute atomic E-state index is 11.1. The van der Waals surface area contributed by atoms with Gasteiger partial charge in [-0.25, -0.2) is 10.3 Å². The Morgan fingerprint density at radius 2 is 2.14 bits per heavy atom. The van der Waals surface area contributed by atoms with E-state index in [2.05, 4.69) is 0 Å². The molecule has 5 heteroatoms.